The predicted molar refractivity (Wildman–Crippen MR) is 74.7 cm³/mol. The summed E-state index contributed by atoms with van der Waals surface area (Å²) >= 11 is 5.08. The normalized spacial score (nSPS) is 10.3. The van der Waals surface area contributed by atoms with E-state index in [4.69, 9.17) is 5.73 Å². The number of hydrogen-bond donors (Lipinski definition) is 1. The standard InChI is InChI=1S/C11H11BrN4OS/c1-16(6-7-2-3-9(12)18-7)10-5-14-4-8(15-10)11(13)17/h2-5H,6H2,1H3,(H2,13,17). The van der Waals surface area contributed by atoms with Gasteiger partial charge in [-0.1, -0.05) is 0 Å². The molecule has 0 aliphatic carbocycles. The van der Waals surface area contributed by atoms with Crippen molar-refractivity contribution < 1.29 is 4.79 Å². The number of amides is 1. The first-order chi connectivity index (χ1) is 8.56. The maximum atomic E-state index is 11.0. The Morgan fingerprint density at radius 2 is 2.28 bits per heavy atom. The Bertz CT molecular complexity index is 572. The van der Waals surface area contributed by atoms with Gasteiger partial charge < -0.3 is 10.6 Å². The predicted octanol–water partition coefficient (Wildman–Crippen LogP) is 2.04. The molecule has 0 aliphatic rings. The van der Waals surface area contributed by atoms with Crippen molar-refractivity contribution in [3.8, 4) is 0 Å². The lowest BCUT2D eigenvalue weighted by Crippen LogP contribution is -2.20. The number of primary amides is 1. The first-order valence-corrected chi connectivity index (χ1v) is 6.74. The quantitative estimate of drug-likeness (QED) is 0.933. The maximum Gasteiger partial charge on any atom is 0.268 e. The topological polar surface area (TPSA) is 72.1 Å². The van der Waals surface area contributed by atoms with Crippen LogP contribution in [0.25, 0.3) is 0 Å². The Kier molecular flexibility index (Phi) is 3.93. The average Bonchev–Trinajstić information content (AvgIpc) is 2.75. The van der Waals surface area contributed by atoms with Gasteiger partial charge in [0.2, 0.25) is 0 Å². The van der Waals surface area contributed by atoms with Gasteiger partial charge in [-0.05, 0) is 28.1 Å². The fraction of sp³-hybridized carbons (Fsp3) is 0.182. The molecule has 2 aromatic heterocycles. The highest BCUT2D eigenvalue weighted by Crippen LogP contribution is 2.24. The summed E-state index contributed by atoms with van der Waals surface area (Å²) in [5.74, 6) is 0.0486. The van der Waals surface area contributed by atoms with E-state index in [9.17, 15) is 4.79 Å². The van der Waals surface area contributed by atoms with E-state index in [0.29, 0.717) is 12.4 Å². The van der Waals surface area contributed by atoms with Crippen LogP contribution in [0.4, 0.5) is 5.82 Å². The van der Waals surface area contributed by atoms with E-state index in [1.807, 2.05) is 24.1 Å². The molecular weight excluding hydrogens is 316 g/mol. The number of anilines is 1. The molecule has 5 nitrogen and oxygen atoms in total. The molecule has 0 fully saturated rings. The van der Waals surface area contributed by atoms with Crippen LogP contribution >= 0.6 is 27.3 Å². The zero-order chi connectivity index (χ0) is 13.1. The Morgan fingerprint density at radius 1 is 1.50 bits per heavy atom. The van der Waals surface area contributed by atoms with Crippen molar-refractivity contribution in [1.29, 1.82) is 0 Å². The summed E-state index contributed by atoms with van der Waals surface area (Å²) in [6.45, 7) is 0.702. The first kappa shape index (κ1) is 13.0. The summed E-state index contributed by atoms with van der Waals surface area (Å²) in [6, 6.07) is 4.04. The van der Waals surface area contributed by atoms with Crippen molar-refractivity contribution in [3.05, 3.63) is 38.9 Å². The maximum absolute atomic E-state index is 11.0. The van der Waals surface area contributed by atoms with Crippen molar-refractivity contribution in [2.75, 3.05) is 11.9 Å². The number of nitrogens with two attached hydrogens (primary N) is 1. The van der Waals surface area contributed by atoms with Crippen LogP contribution in [0.15, 0.2) is 28.3 Å². The van der Waals surface area contributed by atoms with Gasteiger partial charge in [-0.25, -0.2) is 4.98 Å². The van der Waals surface area contributed by atoms with E-state index in [2.05, 4.69) is 25.9 Å². The molecule has 0 atom stereocenters. The second kappa shape index (κ2) is 5.45. The number of nitrogens with zero attached hydrogens (tertiary/aromatic N) is 3. The van der Waals surface area contributed by atoms with Gasteiger partial charge in [0, 0.05) is 11.9 Å². The van der Waals surface area contributed by atoms with Gasteiger partial charge in [-0.15, -0.1) is 11.3 Å². The van der Waals surface area contributed by atoms with Crippen LogP contribution in [0.5, 0.6) is 0 Å². The van der Waals surface area contributed by atoms with E-state index in [0.717, 1.165) is 3.79 Å². The van der Waals surface area contributed by atoms with Gasteiger partial charge in [-0.3, -0.25) is 9.78 Å². The molecule has 0 spiro atoms. The lowest BCUT2D eigenvalue weighted by molar-refractivity contribution is 0.0995. The molecule has 0 unspecified atom stereocenters. The van der Waals surface area contributed by atoms with Crippen molar-refractivity contribution >= 4 is 39.0 Å². The van der Waals surface area contributed by atoms with E-state index in [1.165, 1.54) is 11.1 Å². The monoisotopic (exact) mass is 326 g/mol. The minimum atomic E-state index is -0.573. The zero-order valence-corrected chi connectivity index (χ0v) is 12.0. The third-order valence-corrected chi connectivity index (χ3v) is 3.90. The fourth-order valence-electron chi connectivity index (χ4n) is 1.41. The largest absolute Gasteiger partial charge is 0.364 e. The number of hydrogen-bond acceptors (Lipinski definition) is 5. The number of carbonyl (C=O) groups is 1. The zero-order valence-electron chi connectivity index (χ0n) is 9.63. The third kappa shape index (κ3) is 3.05. The van der Waals surface area contributed by atoms with Crippen LogP contribution in [-0.4, -0.2) is 22.9 Å². The van der Waals surface area contributed by atoms with E-state index < -0.39 is 5.91 Å². The lowest BCUT2D eigenvalue weighted by atomic mass is 10.4. The SMILES string of the molecule is CN(Cc1ccc(Br)s1)c1cncc(C(N)=O)n1. The first-order valence-electron chi connectivity index (χ1n) is 5.13. The van der Waals surface area contributed by atoms with Crippen LogP contribution in [0, 0.1) is 0 Å². The summed E-state index contributed by atoms with van der Waals surface area (Å²) < 4.78 is 1.09. The molecule has 0 saturated heterocycles. The fourth-order valence-corrected chi connectivity index (χ4v) is 2.95. The summed E-state index contributed by atoms with van der Waals surface area (Å²) in [5, 5.41) is 0. The van der Waals surface area contributed by atoms with Crippen LogP contribution in [0.1, 0.15) is 15.4 Å². The highest BCUT2D eigenvalue weighted by molar-refractivity contribution is 9.11. The second-order valence-electron chi connectivity index (χ2n) is 3.69. The number of aromatic nitrogens is 2. The Labute approximate surface area is 117 Å². The number of carbonyl (C=O) groups excluding carboxylic acids is 1. The van der Waals surface area contributed by atoms with Gasteiger partial charge in [0.15, 0.2) is 0 Å². The van der Waals surface area contributed by atoms with E-state index >= 15 is 0 Å². The molecule has 7 heteroatoms. The molecular formula is C11H11BrN4OS. The van der Waals surface area contributed by atoms with Gasteiger partial charge in [0.05, 0.1) is 22.7 Å². The van der Waals surface area contributed by atoms with E-state index in [-0.39, 0.29) is 5.69 Å². The molecule has 2 rings (SSSR count). The number of halogens is 1. The summed E-state index contributed by atoms with van der Waals surface area (Å²) in [5.41, 5.74) is 5.35. The molecule has 0 saturated carbocycles. The molecule has 1 amide bonds. The Morgan fingerprint density at radius 3 is 2.89 bits per heavy atom. The summed E-state index contributed by atoms with van der Waals surface area (Å²) in [7, 11) is 1.89. The molecule has 18 heavy (non-hydrogen) atoms. The minimum absolute atomic E-state index is 0.173. The summed E-state index contributed by atoms with van der Waals surface area (Å²) in [6.07, 6.45) is 2.97. The van der Waals surface area contributed by atoms with Crippen LogP contribution in [0.3, 0.4) is 0 Å². The molecule has 0 aromatic carbocycles. The van der Waals surface area contributed by atoms with Crippen LogP contribution in [-0.2, 0) is 6.54 Å². The van der Waals surface area contributed by atoms with Crippen molar-refractivity contribution in [1.82, 2.24) is 9.97 Å². The highest BCUT2D eigenvalue weighted by Gasteiger charge is 2.09. The average molecular weight is 327 g/mol. The minimum Gasteiger partial charge on any atom is -0.364 e. The smallest absolute Gasteiger partial charge is 0.268 e. The molecule has 0 bridgehead atoms. The van der Waals surface area contributed by atoms with Gasteiger partial charge >= 0.3 is 0 Å². The number of thiophene rings is 1. The van der Waals surface area contributed by atoms with Crippen LogP contribution in [0.2, 0.25) is 0 Å². The van der Waals surface area contributed by atoms with Gasteiger partial charge in [0.1, 0.15) is 11.5 Å². The van der Waals surface area contributed by atoms with Crippen molar-refractivity contribution in [3.63, 3.8) is 0 Å². The Hall–Kier alpha value is -1.47. The Balaban J connectivity index is 2.15. The molecule has 2 aromatic rings. The molecule has 0 aliphatic heterocycles. The third-order valence-electron chi connectivity index (χ3n) is 2.29. The lowest BCUT2D eigenvalue weighted by Gasteiger charge is -2.16. The molecule has 2 heterocycles. The van der Waals surface area contributed by atoms with E-state index in [1.54, 1.807) is 17.5 Å². The second-order valence-corrected chi connectivity index (χ2v) is 6.24. The van der Waals surface area contributed by atoms with Crippen molar-refractivity contribution in [2.45, 2.75) is 6.54 Å². The van der Waals surface area contributed by atoms with Gasteiger partial charge in [0.25, 0.3) is 5.91 Å². The molecule has 94 valence electrons. The number of rotatable bonds is 4. The van der Waals surface area contributed by atoms with Gasteiger partial charge in [-0.2, -0.15) is 0 Å². The highest BCUT2D eigenvalue weighted by atomic mass is 79.9. The molecule has 2 N–H and O–H groups in total. The van der Waals surface area contributed by atoms with Crippen molar-refractivity contribution in [2.24, 2.45) is 5.73 Å². The van der Waals surface area contributed by atoms with Crippen LogP contribution < -0.4 is 10.6 Å². The summed E-state index contributed by atoms with van der Waals surface area (Å²) in [4.78, 5) is 22.3. The molecule has 0 radical (unpaired) electrons.